The zero-order chi connectivity index (χ0) is 31.7. The highest BCUT2D eigenvalue weighted by atomic mass is 16.2. The van der Waals surface area contributed by atoms with Crippen molar-refractivity contribution in [2.75, 3.05) is 11.1 Å². The van der Waals surface area contributed by atoms with Crippen molar-refractivity contribution in [3.8, 4) is 0 Å². The van der Waals surface area contributed by atoms with E-state index in [1.807, 2.05) is 12.1 Å². The van der Waals surface area contributed by atoms with Gasteiger partial charge < -0.3 is 16.8 Å². The predicted octanol–water partition coefficient (Wildman–Crippen LogP) is 5.92. The SMILES string of the molecule is CC(N)C(=O)Nc1ccc2c(c1)[C@@]1(C)CCC[C@](C)(C(=O)NC(=O)[C@@]3(C)CCC[C@]4(C)c5cc(N)ccc5CC[C@@H]34)[C@@H]1CC2. The number of nitrogens with two attached hydrogens (primary N) is 2. The molecule has 4 aliphatic rings. The average molecular weight is 599 g/mol. The maximum atomic E-state index is 14.4. The maximum absolute atomic E-state index is 14.4. The fraction of sp³-hybridized carbons (Fsp3) is 0.595. The van der Waals surface area contributed by atoms with Gasteiger partial charge in [0.15, 0.2) is 0 Å². The minimum absolute atomic E-state index is 0.0809. The smallest absolute Gasteiger partial charge is 0.240 e. The van der Waals surface area contributed by atoms with Crippen molar-refractivity contribution in [2.24, 2.45) is 28.4 Å². The van der Waals surface area contributed by atoms with Gasteiger partial charge in [-0.1, -0.05) is 52.7 Å². The van der Waals surface area contributed by atoms with Crippen molar-refractivity contribution in [2.45, 2.75) is 116 Å². The van der Waals surface area contributed by atoms with E-state index in [1.54, 1.807) is 6.92 Å². The van der Waals surface area contributed by atoms with Crippen LogP contribution in [0.1, 0.15) is 108 Å². The molecule has 0 spiro atoms. The van der Waals surface area contributed by atoms with Crippen LogP contribution in [0.5, 0.6) is 0 Å². The number of amides is 3. The zero-order valence-electron chi connectivity index (χ0n) is 27.1. The first-order valence-electron chi connectivity index (χ1n) is 16.7. The second kappa shape index (κ2) is 10.7. The third-order valence-corrected chi connectivity index (χ3v) is 12.7. The summed E-state index contributed by atoms with van der Waals surface area (Å²) in [7, 11) is 0. The second-order valence-corrected chi connectivity index (χ2v) is 15.4. The van der Waals surface area contributed by atoms with Gasteiger partial charge in [0.1, 0.15) is 0 Å². The summed E-state index contributed by atoms with van der Waals surface area (Å²) in [5.41, 5.74) is 17.0. The first kappa shape index (κ1) is 30.8. The van der Waals surface area contributed by atoms with Crippen LogP contribution < -0.4 is 22.1 Å². The van der Waals surface area contributed by atoms with E-state index in [9.17, 15) is 14.4 Å². The summed E-state index contributed by atoms with van der Waals surface area (Å²) in [6.45, 7) is 10.4. The number of hydrogen-bond donors (Lipinski definition) is 4. The van der Waals surface area contributed by atoms with E-state index in [-0.39, 0.29) is 40.4 Å². The maximum Gasteiger partial charge on any atom is 0.240 e. The zero-order valence-corrected chi connectivity index (χ0v) is 27.1. The standard InChI is InChI=1S/C37H50N4O3/c1-22(38)31(42)40-26-13-9-24-11-15-30-35(3,28(24)21-26)17-7-19-37(30,5)33(44)41-32(43)36(4)18-6-16-34(2)27-20-25(39)12-8-23(27)10-14-29(34)36/h8-9,12-13,20-22,29-30H,6-7,10-11,14-19,38-39H2,1-5H3,(H,40,42)(H,41,43,44)/t22?,29-,30-,34-,35-,36+,37+/m1/s1. The van der Waals surface area contributed by atoms with Crippen LogP contribution in [0.4, 0.5) is 11.4 Å². The topological polar surface area (TPSA) is 127 Å². The monoisotopic (exact) mass is 598 g/mol. The molecule has 2 saturated carbocycles. The molecule has 2 aromatic carbocycles. The number of anilines is 2. The summed E-state index contributed by atoms with van der Waals surface area (Å²) in [5, 5.41) is 5.99. The number of benzene rings is 2. The number of nitrogen functional groups attached to an aromatic ring is 1. The lowest BCUT2D eigenvalue weighted by Crippen LogP contribution is -2.60. The molecule has 0 aromatic heterocycles. The number of nitrogens with one attached hydrogen (secondary N) is 2. The summed E-state index contributed by atoms with van der Waals surface area (Å²) in [6.07, 6.45) is 8.99. The van der Waals surface area contributed by atoms with Gasteiger partial charge in [0.05, 0.1) is 16.9 Å². The molecule has 7 nitrogen and oxygen atoms in total. The highest BCUT2D eigenvalue weighted by Gasteiger charge is 2.58. The molecule has 4 aliphatic carbocycles. The third kappa shape index (κ3) is 4.69. The minimum atomic E-state index is -0.673. The molecule has 6 N–H and O–H groups in total. The molecule has 6 rings (SSSR count). The lowest BCUT2D eigenvalue weighted by molar-refractivity contribution is -0.150. The Bertz CT molecular complexity index is 1520. The first-order valence-corrected chi connectivity index (χ1v) is 16.7. The average Bonchev–Trinajstić information content (AvgIpc) is 2.97. The van der Waals surface area contributed by atoms with E-state index in [1.165, 1.54) is 22.3 Å². The van der Waals surface area contributed by atoms with Gasteiger partial charge in [0, 0.05) is 11.4 Å². The minimum Gasteiger partial charge on any atom is -0.399 e. The Balaban J connectivity index is 1.26. The number of carbonyl (C=O) groups excluding carboxylic acids is 3. The molecule has 7 atom stereocenters. The summed E-state index contributed by atoms with van der Waals surface area (Å²) >= 11 is 0. The summed E-state index contributed by atoms with van der Waals surface area (Å²) in [5.74, 6) is -0.237. The predicted molar refractivity (Wildman–Crippen MR) is 175 cm³/mol. The Morgan fingerprint density at radius 3 is 1.80 bits per heavy atom. The lowest BCUT2D eigenvalue weighted by Gasteiger charge is -2.56. The normalized spacial score (nSPS) is 34.8. The summed E-state index contributed by atoms with van der Waals surface area (Å²) < 4.78 is 0. The van der Waals surface area contributed by atoms with Crippen molar-refractivity contribution < 1.29 is 14.4 Å². The van der Waals surface area contributed by atoms with Crippen LogP contribution in [-0.4, -0.2) is 23.8 Å². The summed E-state index contributed by atoms with van der Waals surface area (Å²) in [4.78, 5) is 41.1. The molecule has 0 heterocycles. The van der Waals surface area contributed by atoms with Gasteiger partial charge in [-0.2, -0.15) is 0 Å². The Hall–Kier alpha value is -3.19. The van der Waals surface area contributed by atoms with Crippen molar-refractivity contribution >= 4 is 29.1 Å². The molecule has 0 bridgehead atoms. The molecule has 2 aromatic rings. The van der Waals surface area contributed by atoms with Gasteiger partial charge in [-0.15, -0.1) is 0 Å². The Morgan fingerprint density at radius 1 is 0.773 bits per heavy atom. The van der Waals surface area contributed by atoms with Crippen LogP contribution in [0.15, 0.2) is 36.4 Å². The van der Waals surface area contributed by atoms with Gasteiger partial charge in [0.2, 0.25) is 17.7 Å². The molecular formula is C37H50N4O3. The van der Waals surface area contributed by atoms with Crippen LogP contribution in [0.3, 0.4) is 0 Å². The molecular weight excluding hydrogens is 548 g/mol. The molecule has 7 heteroatoms. The number of carbonyl (C=O) groups is 3. The largest absolute Gasteiger partial charge is 0.399 e. The van der Waals surface area contributed by atoms with Crippen LogP contribution in [0.2, 0.25) is 0 Å². The number of rotatable bonds is 4. The van der Waals surface area contributed by atoms with Gasteiger partial charge in [-0.05, 0) is 127 Å². The number of fused-ring (bicyclic) bond motifs is 6. The van der Waals surface area contributed by atoms with Crippen molar-refractivity contribution in [3.63, 3.8) is 0 Å². The van der Waals surface area contributed by atoms with E-state index in [0.717, 1.165) is 75.6 Å². The van der Waals surface area contributed by atoms with Crippen molar-refractivity contribution in [1.29, 1.82) is 0 Å². The highest BCUT2D eigenvalue weighted by Crippen LogP contribution is 2.59. The first-order chi connectivity index (χ1) is 20.7. The quantitative estimate of drug-likeness (QED) is 0.257. The second-order valence-electron chi connectivity index (χ2n) is 15.4. The van der Waals surface area contributed by atoms with Crippen molar-refractivity contribution in [1.82, 2.24) is 5.32 Å². The molecule has 2 fully saturated rings. The summed E-state index contributed by atoms with van der Waals surface area (Å²) in [6, 6.07) is 11.8. The van der Waals surface area contributed by atoms with Crippen molar-refractivity contribution in [3.05, 3.63) is 58.7 Å². The van der Waals surface area contributed by atoms with Gasteiger partial charge in [-0.3, -0.25) is 19.7 Å². The number of aryl methyl sites for hydroxylation is 2. The van der Waals surface area contributed by atoms with Gasteiger partial charge in [0.25, 0.3) is 0 Å². The van der Waals surface area contributed by atoms with Gasteiger partial charge >= 0.3 is 0 Å². The number of hydrogen-bond acceptors (Lipinski definition) is 5. The third-order valence-electron chi connectivity index (χ3n) is 12.7. The van der Waals surface area contributed by atoms with Crippen LogP contribution >= 0.6 is 0 Å². The Kier molecular flexibility index (Phi) is 7.50. The fourth-order valence-electron chi connectivity index (χ4n) is 10.2. The molecule has 0 aliphatic heterocycles. The van der Waals surface area contributed by atoms with Crippen LogP contribution in [0, 0.1) is 22.7 Å². The Labute approximate surface area is 262 Å². The van der Waals surface area contributed by atoms with Crippen LogP contribution in [-0.2, 0) is 38.1 Å². The van der Waals surface area contributed by atoms with E-state index < -0.39 is 16.9 Å². The van der Waals surface area contributed by atoms with Crippen LogP contribution in [0.25, 0.3) is 0 Å². The molecule has 1 unspecified atom stereocenters. The van der Waals surface area contributed by atoms with E-state index >= 15 is 0 Å². The van der Waals surface area contributed by atoms with E-state index in [4.69, 9.17) is 11.5 Å². The fourth-order valence-corrected chi connectivity index (χ4v) is 10.2. The van der Waals surface area contributed by atoms with E-state index in [0.29, 0.717) is 0 Å². The molecule has 3 amide bonds. The lowest BCUT2D eigenvalue weighted by atomic mass is 9.49. The van der Waals surface area contributed by atoms with Gasteiger partial charge in [-0.25, -0.2) is 0 Å². The number of imide groups is 1. The molecule has 0 radical (unpaired) electrons. The highest BCUT2D eigenvalue weighted by molar-refractivity contribution is 6.01. The molecule has 236 valence electrons. The Morgan fingerprint density at radius 2 is 1.27 bits per heavy atom. The van der Waals surface area contributed by atoms with E-state index in [2.05, 4.69) is 62.6 Å². The molecule has 44 heavy (non-hydrogen) atoms. The molecule has 0 saturated heterocycles.